The fourth-order valence-corrected chi connectivity index (χ4v) is 3.54. The largest absolute Gasteiger partial charge is 0.341 e. The van der Waals surface area contributed by atoms with Crippen molar-refractivity contribution in [2.45, 2.75) is 33.1 Å². The van der Waals surface area contributed by atoms with Gasteiger partial charge >= 0.3 is 0 Å². The van der Waals surface area contributed by atoms with Crippen LogP contribution in [0.4, 0.5) is 14.5 Å². The number of hydrogen-bond acceptors (Lipinski definition) is 4. The molecule has 0 aliphatic carbocycles. The minimum absolute atomic E-state index is 0.140. The molecule has 0 aliphatic heterocycles. The highest BCUT2D eigenvalue weighted by atomic mass is 19.3. The number of carbonyl (C=O) groups is 1. The predicted octanol–water partition coefficient (Wildman–Crippen LogP) is 5.90. The summed E-state index contributed by atoms with van der Waals surface area (Å²) in [5, 5.41) is 2.67. The van der Waals surface area contributed by atoms with E-state index in [1.54, 1.807) is 25.4 Å². The number of aromatic nitrogens is 4. The van der Waals surface area contributed by atoms with E-state index in [1.807, 2.05) is 31.2 Å². The predicted molar refractivity (Wildman–Crippen MR) is 123 cm³/mol. The van der Waals surface area contributed by atoms with Crippen LogP contribution in [0, 0.1) is 13.8 Å². The van der Waals surface area contributed by atoms with Gasteiger partial charge in [-0.1, -0.05) is 37.3 Å². The van der Waals surface area contributed by atoms with Gasteiger partial charge in [0.15, 0.2) is 0 Å². The quantitative estimate of drug-likeness (QED) is 0.385. The molecule has 33 heavy (non-hydrogen) atoms. The minimum Gasteiger partial charge on any atom is -0.341 e. The van der Waals surface area contributed by atoms with Crippen LogP contribution in [0.5, 0.6) is 0 Å². The molecule has 6 nitrogen and oxygen atoms in total. The second-order valence-corrected chi connectivity index (χ2v) is 7.72. The average Bonchev–Trinajstić information content (AvgIpc) is 3.21. The lowest BCUT2D eigenvalue weighted by Gasteiger charge is -2.15. The van der Waals surface area contributed by atoms with E-state index in [9.17, 15) is 13.6 Å². The van der Waals surface area contributed by atoms with Crippen LogP contribution in [0.15, 0.2) is 60.9 Å². The van der Waals surface area contributed by atoms with Crippen molar-refractivity contribution in [1.29, 1.82) is 0 Å². The highest BCUT2D eigenvalue weighted by molar-refractivity contribution is 6.04. The van der Waals surface area contributed by atoms with E-state index in [0.717, 1.165) is 22.5 Å². The SMILES string of the molecule is CCC(F)(F)c1cccc(NC(=O)c2nc(-c3cccc(-c4nccnc4C)c3)[nH]c2C)c1. The van der Waals surface area contributed by atoms with Gasteiger partial charge in [-0.15, -0.1) is 0 Å². The third-order valence-corrected chi connectivity index (χ3v) is 5.38. The lowest BCUT2D eigenvalue weighted by atomic mass is 10.1. The van der Waals surface area contributed by atoms with Crippen LogP contribution in [-0.2, 0) is 5.92 Å². The van der Waals surface area contributed by atoms with Crippen LogP contribution in [0.2, 0.25) is 0 Å². The van der Waals surface area contributed by atoms with Crippen molar-refractivity contribution < 1.29 is 13.6 Å². The Kier molecular flexibility index (Phi) is 6.00. The molecule has 0 saturated carbocycles. The van der Waals surface area contributed by atoms with E-state index >= 15 is 0 Å². The summed E-state index contributed by atoms with van der Waals surface area (Å²) >= 11 is 0. The third kappa shape index (κ3) is 4.64. The van der Waals surface area contributed by atoms with Crippen LogP contribution in [0.3, 0.4) is 0 Å². The van der Waals surface area contributed by atoms with Gasteiger partial charge in [-0.2, -0.15) is 0 Å². The van der Waals surface area contributed by atoms with Crippen LogP contribution in [-0.4, -0.2) is 25.8 Å². The normalized spacial score (nSPS) is 11.4. The number of amides is 1. The Bertz CT molecular complexity index is 1320. The van der Waals surface area contributed by atoms with E-state index in [-0.39, 0.29) is 23.4 Å². The Labute approximate surface area is 190 Å². The van der Waals surface area contributed by atoms with E-state index in [2.05, 4.69) is 25.3 Å². The molecule has 0 atom stereocenters. The number of aryl methyl sites for hydroxylation is 2. The highest BCUT2D eigenvalue weighted by Crippen LogP contribution is 2.32. The number of H-pyrrole nitrogens is 1. The van der Waals surface area contributed by atoms with Gasteiger partial charge < -0.3 is 10.3 Å². The van der Waals surface area contributed by atoms with Gasteiger partial charge in [-0.05, 0) is 32.0 Å². The van der Waals surface area contributed by atoms with Gasteiger partial charge in [0.25, 0.3) is 11.8 Å². The fourth-order valence-electron chi connectivity index (χ4n) is 3.54. The molecule has 4 aromatic rings. The summed E-state index contributed by atoms with van der Waals surface area (Å²) < 4.78 is 28.0. The second-order valence-electron chi connectivity index (χ2n) is 7.72. The summed E-state index contributed by atoms with van der Waals surface area (Å²) in [5.41, 5.74) is 4.15. The molecular formula is C25H23F2N5O. The molecule has 0 radical (unpaired) electrons. The zero-order valence-electron chi connectivity index (χ0n) is 18.5. The van der Waals surface area contributed by atoms with Gasteiger partial charge in [-0.3, -0.25) is 14.8 Å². The molecule has 0 bridgehead atoms. The monoisotopic (exact) mass is 447 g/mol. The third-order valence-electron chi connectivity index (χ3n) is 5.38. The van der Waals surface area contributed by atoms with Crippen molar-refractivity contribution in [3.63, 3.8) is 0 Å². The molecule has 2 aromatic carbocycles. The number of benzene rings is 2. The number of halogens is 2. The van der Waals surface area contributed by atoms with Crippen LogP contribution in [0.1, 0.15) is 40.8 Å². The van der Waals surface area contributed by atoms with E-state index < -0.39 is 11.8 Å². The lowest BCUT2D eigenvalue weighted by molar-refractivity contribution is -0.00824. The molecule has 0 aliphatic rings. The number of aromatic amines is 1. The number of anilines is 1. The summed E-state index contributed by atoms with van der Waals surface area (Å²) in [5.74, 6) is -2.91. The maximum Gasteiger partial charge on any atom is 0.276 e. The molecule has 8 heteroatoms. The number of imidazole rings is 1. The van der Waals surface area contributed by atoms with Gasteiger partial charge in [-0.25, -0.2) is 13.8 Å². The van der Waals surface area contributed by atoms with Crippen molar-refractivity contribution in [1.82, 2.24) is 19.9 Å². The fraction of sp³-hybridized carbons (Fsp3) is 0.200. The number of carbonyl (C=O) groups excluding carboxylic acids is 1. The summed E-state index contributed by atoms with van der Waals surface area (Å²) in [6.07, 6.45) is 2.96. The Morgan fingerprint density at radius 3 is 2.52 bits per heavy atom. The summed E-state index contributed by atoms with van der Waals surface area (Å²) in [4.78, 5) is 29.1. The molecule has 2 heterocycles. The van der Waals surface area contributed by atoms with Crippen LogP contribution < -0.4 is 5.32 Å². The zero-order valence-corrected chi connectivity index (χ0v) is 18.5. The van der Waals surface area contributed by atoms with Gasteiger partial charge in [0.2, 0.25) is 0 Å². The molecule has 2 aromatic heterocycles. The zero-order chi connectivity index (χ0) is 23.6. The second kappa shape index (κ2) is 8.90. The Balaban J connectivity index is 1.60. The van der Waals surface area contributed by atoms with Crippen LogP contribution in [0.25, 0.3) is 22.6 Å². The molecule has 0 spiro atoms. The van der Waals surface area contributed by atoms with E-state index in [1.165, 1.54) is 25.1 Å². The van der Waals surface area contributed by atoms with E-state index in [4.69, 9.17) is 0 Å². The Hall–Kier alpha value is -3.94. The molecule has 0 unspecified atom stereocenters. The van der Waals surface area contributed by atoms with Crippen molar-refractivity contribution >= 4 is 11.6 Å². The minimum atomic E-state index is -2.96. The molecule has 2 N–H and O–H groups in total. The first-order chi connectivity index (χ1) is 15.8. The maximum atomic E-state index is 14.0. The molecule has 0 fully saturated rings. The number of hydrogen-bond donors (Lipinski definition) is 2. The number of nitrogens with one attached hydrogen (secondary N) is 2. The summed E-state index contributed by atoms with van der Waals surface area (Å²) in [6, 6.07) is 13.3. The summed E-state index contributed by atoms with van der Waals surface area (Å²) in [6.45, 7) is 5.05. The first-order valence-corrected chi connectivity index (χ1v) is 10.5. The smallest absolute Gasteiger partial charge is 0.276 e. The summed E-state index contributed by atoms with van der Waals surface area (Å²) in [7, 11) is 0. The van der Waals surface area contributed by atoms with Gasteiger partial charge in [0.1, 0.15) is 11.5 Å². The number of nitrogens with zero attached hydrogens (tertiary/aromatic N) is 3. The van der Waals surface area contributed by atoms with Crippen molar-refractivity contribution in [2.75, 3.05) is 5.32 Å². The topological polar surface area (TPSA) is 83.6 Å². The molecule has 0 saturated heterocycles. The molecule has 168 valence electrons. The molecule has 4 rings (SSSR count). The van der Waals surface area contributed by atoms with Crippen LogP contribution >= 0.6 is 0 Å². The number of rotatable bonds is 6. The van der Waals surface area contributed by atoms with Crippen molar-refractivity contribution in [3.05, 3.63) is 83.6 Å². The van der Waals surface area contributed by atoms with E-state index in [0.29, 0.717) is 11.5 Å². The highest BCUT2D eigenvalue weighted by Gasteiger charge is 2.29. The standard InChI is InChI=1S/C25H23F2N5O/c1-4-25(26,27)19-9-6-10-20(14-19)31-24(33)22-16(3)30-23(32-22)18-8-5-7-17(13-18)21-15(2)28-11-12-29-21/h5-14H,4H2,1-3H3,(H,30,32)(H,31,33). The van der Waals surface area contributed by atoms with Crippen molar-refractivity contribution in [2.24, 2.45) is 0 Å². The first-order valence-electron chi connectivity index (χ1n) is 10.5. The first kappa shape index (κ1) is 22.3. The van der Waals surface area contributed by atoms with Gasteiger partial charge in [0.05, 0.1) is 11.4 Å². The lowest BCUT2D eigenvalue weighted by Crippen LogP contribution is -2.15. The van der Waals surface area contributed by atoms with Crippen molar-refractivity contribution in [3.8, 4) is 22.6 Å². The van der Waals surface area contributed by atoms with Gasteiger partial charge in [0, 0.05) is 46.9 Å². The average molecular weight is 447 g/mol. The Morgan fingerprint density at radius 1 is 1.03 bits per heavy atom. The molecule has 1 amide bonds. The Morgan fingerprint density at radius 2 is 1.76 bits per heavy atom. The maximum absolute atomic E-state index is 14.0. The number of alkyl halides is 2. The molecular weight excluding hydrogens is 424 g/mol.